The predicted molar refractivity (Wildman–Crippen MR) is 77.2 cm³/mol. The topological polar surface area (TPSA) is 89.3 Å². The van der Waals surface area contributed by atoms with Crippen LogP contribution < -0.4 is 10.1 Å². The molecular formula is C14H18N4O3. The second-order valence-electron chi connectivity index (χ2n) is 4.63. The second-order valence-corrected chi connectivity index (χ2v) is 4.63. The summed E-state index contributed by atoms with van der Waals surface area (Å²) in [6, 6.07) is 5.56. The monoisotopic (exact) mass is 290 g/mol. The molecule has 21 heavy (non-hydrogen) atoms. The normalized spacial score (nSPS) is 10.4. The van der Waals surface area contributed by atoms with E-state index in [1.165, 1.54) is 4.68 Å². The summed E-state index contributed by atoms with van der Waals surface area (Å²) in [6.07, 6.45) is 2.07. The molecule has 7 heteroatoms. The number of ether oxygens (including phenoxy) is 1. The van der Waals surface area contributed by atoms with Crippen molar-refractivity contribution < 1.29 is 14.6 Å². The molecule has 0 bridgehead atoms. The van der Waals surface area contributed by atoms with Gasteiger partial charge in [-0.2, -0.15) is 0 Å². The number of aliphatic hydroxyl groups excluding tert-OH is 1. The Morgan fingerprint density at radius 2 is 2.29 bits per heavy atom. The third-order valence-corrected chi connectivity index (χ3v) is 2.89. The number of aliphatic hydroxyl groups is 1. The van der Waals surface area contributed by atoms with Gasteiger partial charge >= 0.3 is 0 Å². The molecule has 0 unspecified atom stereocenters. The van der Waals surface area contributed by atoms with E-state index in [0.29, 0.717) is 23.6 Å². The first-order valence-corrected chi connectivity index (χ1v) is 6.56. The maximum atomic E-state index is 12.0. The number of carbonyl (C=O) groups excluding carboxylic acids is 1. The molecule has 1 amide bonds. The highest BCUT2D eigenvalue weighted by molar-refractivity contribution is 5.92. The van der Waals surface area contributed by atoms with Gasteiger partial charge in [-0.25, -0.2) is 4.68 Å². The fourth-order valence-electron chi connectivity index (χ4n) is 1.90. The van der Waals surface area contributed by atoms with E-state index < -0.39 is 0 Å². The van der Waals surface area contributed by atoms with Gasteiger partial charge in [-0.05, 0) is 24.6 Å². The molecule has 2 aromatic rings. The van der Waals surface area contributed by atoms with Crippen LogP contribution in [-0.2, 0) is 17.8 Å². The molecule has 0 spiro atoms. The van der Waals surface area contributed by atoms with Crippen molar-refractivity contribution in [1.82, 2.24) is 15.0 Å². The van der Waals surface area contributed by atoms with Gasteiger partial charge in [-0.1, -0.05) is 11.3 Å². The van der Waals surface area contributed by atoms with Crippen molar-refractivity contribution in [3.05, 3.63) is 35.7 Å². The summed E-state index contributed by atoms with van der Waals surface area (Å²) >= 11 is 0. The molecule has 112 valence electrons. The minimum absolute atomic E-state index is 0.00534. The van der Waals surface area contributed by atoms with Crippen LogP contribution >= 0.6 is 0 Å². The molecule has 0 aliphatic carbocycles. The maximum absolute atomic E-state index is 12.0. The van der Waals surface area contributed by atoms with E-state index in [1.54, 1.807) is 19.4 Å². The molecule has 0 saturated heterocycles. The maximum Gasteiger partial charge on any atom is 0.246 e. The summed E-state index contributed by atoms with van der Waals surface area (Å²) in [4.78, 5) is 12.0. The first-order valence-electron chi connectivity index (χ1n) is 6.56. The van der Waals surface area contributed by atoms with Gasteiger partial charge in [0, 0.05) is 19.2 Å². The van der Waals surface area contributed by atoms with E-state index in [-0.39, 0.29) is 19.1 Å². The van der Waals surface area contributed by atoms with Crippen molar-refractivity contribution in [3.63, 3.8) is 0 Å². The zero-order valence-electron chi connectivity index (χ0n) is 12.0. The Morgan fingerprint density at radius 1 is 1.48 bits per heavy atom. The van der Waals surface area contributed by atoms with E-state index in [1.807, 2.05) is 19.1 Å². The van der Waals surface area contributed by atoms with E-state index in [0.717, 1.165) is 5.56 Å². The van der Waals surface area contributed by atoms with E-state index in [2.05, 4.69) is 15.6 Å². The number of aromatic nitrogens is 3. The average Bonchev–Trinajstić information content (AvgIpc) is 2.86. The van der Waals surface area contributed by atoms with Gasteiger partial charge in [0.2, 0.25) is 5.91 Å². The Morgan fingerprint density at radius 3 is 3.00 bits per heavy atom. The zero-order valence-corrected chi connectivity index (χ0v) is 12.0. The fourth-order valence-corrected chi connectivity index (χ4v) is 1.90. The molecule has 7 nitrogen and oxygen atoms in total. The summed E-state index contributed by atoms with van der Waals surface area (Å²) < 4.78 is 6.64. The molecule has 1 aromatic heterocycles. The number of hydrogen-bond acceptors (Lipinski definition) is 5. The Bertz CT molecular complexity index is 624. The highest BCUT2D eigenvalue weighted by atomic mass is 16.5. The van der Waals surface area contributed by atoms with Gasteiger partial charge < -0.3 is 15.2 Å². The molecule has 1 heterocycles. The van der Waals surface area contributed by atoms with Crippen LogP contribution in [0.25, 0.3) is 0 Å². The minimum atomic E-state index is -0.223. The van der Waals surface area contributed by atoms with Crippen LogP contribution in [0.15, 0.2) is 24.4 Å². The predicted octanol–water partition coefficient (Wildman–Crippen LogP) is 0.769. The van der Waals surface area contributed by atoms with Crippen molar-refractivity contribution in [3.8, 4) is 5.75 Å². The Hall–Kier alpha value is -2.41. The summed E-state index contributed by atoms with van der Waals surface area (Å²) in [7, 11) is 1.55. The number of benzene rings is 1. The number of nitrogens with one attached hydrogen (secondary N) is 1. The van der Waals surface area contributed by atoms with Crippen LogP contribution in [0.4, 0.5) is 5.69 Å². The first-order chi connectivity index (χ1) is 10.1. The zero-order chi connectivity index (χ0) is 15.2. The largest absolute Gasteiger partial charge is 0.495 e. The van der Waals surface area contributed by atoms with Gasteiger partial charge in [-0.3, -0.25) is 4.79 Å². The van der Waals surface area contributed by atoms with Crippen LogP contribution in [0.1, 0.15) is 11.3 Å². The van der Waals surface area contributed by atoms with Gasteiger partial charge in [0.1, 0.15) is 12.3 Å². The molecule has 2 N–H and O–H groups in total. The molecule has 2 rings (SSSR count). The Kier molecular flexibility index (Phi) is 4.89. The molecule has 1 aromatic carbocycles. The smallest absolute Gasteiger partial charge is 0.246 e. The van der Waals surface area contributed by atoms with Gasteiger partial charge in [0.05, 0.1) is 18.5 Å². The second kappa shape index (κ2) is 6.85. The van der Waals surface area contributed by atoms with Crippen LogP contribution in [0, 0.1) is 6.92 Å². The Balaban J connectivity index is 2.02. The molecule has 0 atom stereocenters. The summed E-state index contributed by atoms with van der Waals surface area (Å²) in [5.41, 5.74) is 2.30. The highest BCUT2D eigenvalue weighted by Crippen LogP contribution is 2.25. The fraction of sp³-hybridized carbons (Fsp3) is 0.357. The van der Waals surface area contributed by atoms with E-state index >= 15 is 0 Å². The van der Waals surface area contributed by atoms with Crippen LogP contribution in [-0.4, -0.2) is 39.7 Å². The number of carbonyl (C=O) groups is 1. The first kappa shape index (κ1) is 15.0. The molecule has 0 aliphatic rings. The highest BCUT2D eigenvalue weighted by Gasteiger charge is 2.10. The number of hydrogen-bond donors (Lipinski definition) is 2. The van der Waals surface area contributed by atoms with Crippen molar-refractivity contribution in [1.29, 1.82) is 0 Å². The van der Waals surface area contributed by atoms with Crippen molar-refractivity contribution in [2.24, 2.45) is 0 Å². The SMILES string of the molecule is COc1ccc(C)cc1NC(=O)Cn1cc(CCO)nn1. The summed E-state index contributed by atoms with van der Waals surface area (Å²) in [5.74, 6) is 0.382. The minimum Gasteiger partial charge on any atom is -0.495 e. The number of aryl methyl sites for hydroxylation is 1. The number of anilines is 1. The van der Waals surface area contributed by atoms with Crippen molar-refractivity contribution in [2.45, 2.75) is 19.9 Å². The lowest BCUT2D eigenvalue weighted by Crippen LogP contribution is -2.19. The van der Waals surface area contributed by atoms with Crippen molar-refractivity contribution in [2.75, 3.05) is 19.0 Å². The third-order valence-electron chi connectivity index (χ3n) is 2.89. The molecule has 0 saturated carbocycles. The average molecular weight is 290 g/mol. The molecular weight excluding hydrogens is 272 g/mol. The molecule has 0 radical (unpaired) electrons. The quantitative estimate of drug-likeness (QED) is 0.820. The van der Waals surface area contributed by atoms with Gasteiger partial charge in [0.25, 0.3) is 0 Å². The number of nitrogens with zero attached hydrogens (tertiary/aromatic N) is 3. The van der Waals surface area contributed by atoms with Gasteiger partial charge in [0.15, 0.2) is 0 Å². The molecule has 0 fully saturated rings. The van der Waals surface area contributed by atoms with Crippen LogP contribution in [0.3, 0.4) is 0 Å². The Labute approximate surface area is 122 Å². The van der Waals surface area contributed by atoms with Crippen LogP contribution in [0.2, 0.25) is 0 Å². The molecule has 0 aliphatic heterocycles. The van der Waals surface area contributed by atoms with Gasteiger partial charge in [-0.15, -0.1) is 5.10 Å². The van der Waals surface area contributed by atoms with E-state index in [4.69, 9.17) is 9.84 Å². The lowest BCUT2D eigenvalue weighted by molar-refractivity contribution is -0.116. The number of rotatable bonds is 6. The number of methoxy groups -OCH3 is 1. The lowest BCUT2D eigenvalue weighted by Gasteiger charge is -2.10. The van der Waals surface area contributed by atoms with Crippen molar-refractivity contribution >= 4 is 11.6 Å². The lowest BCUT2D eigenvalue weighted by atomic mass is 10.2. The summed E-state index contributed by atoms with van der Waals surface area (Å²) in [6.45, 7) is 1.99. The van der Waals surface area contributed by atoms with E-state index in [9.17, 15) is 4.79 Å². The van der Waals surface area contributed by atoms with Crippen LogP contribution in [0.5, 0.6) is 5.75 Å². The number of amides is 1. The standard InChI is InChI=1S/C14H18N4O3/c1-10-3-4-13(21-2)12(7-10)15-14(20)9-18-8-11(5-6-19)16-17-18/h3-4,7-8,19H,5-6,9H2,1-2H3,(H,15,20). The summed E-state index contributed by atoms with van der Waals surface area (Å²) in [5, 5.41) is 19.3. The third kappa shape index (κ3) is 4.03.